The molecular formula is C31H34N2O2S. The molecule has 4 rings (SSSR count). The number of carbonyl (C=O) groups excluding carboxylic acids is 1. The molecule has 1 unspecified atom stereocenters. The number of hydrogen-bond donors (Lipinski definition) is 2. The van der Waals surface area contributed by atoms with Crippen molar-refractivity contribution in [2.75, 3.05) is 20.1 Å². The van der Waals surface area contributed by atoms with E-state index in [2.05, 4.69) is 90.2 Å². The molecule has 4 aromatic rings. The van der Waals surface area contributed by atoms with Crippen molar-refractivity contribution >= 4 is 29.0 Å². The van der Waals surface area contributed by atoms with E-state index in [1.165, 1.54) is 16.3 Å². The molecular weight excluding hydrogens is 464 g/mol. The predicted octanol–water partition coefficient (Wildman–Crippen LogP) is 6.23. The molecule has 4 aromatic carbocycles. The van der Waals surface area contributed by atoms with Gasteiger partial charge in [0.05, 0.1) is 6.10 Å². The summed E-state index contributed by atoms with van der Waals surface area (Å²) in [6.07, 6.45) is 1.27. The molecule has 1 atom stereocenters. The molecule has 36 heavy (non-hydrogen) atoms. The van der Waals surface area contributed by atoms with E-state index >= 15 is 0 Å². The van der Waals surface area contributed by atoms with Gasteiger partial charge in [-0.2, -0.15) is 0 Å². The molecule has 0 spiro atoms. The highest BCUT2D eigenvalue weighted by molar-refractivity contribution is 7.97. The summed E-state index contributed by atoms with van der Waals surface area (Å²) in [5.74, 6) is 0. The van der Waals surface area contributed by atoms with Crippen molar-refractivity contribution < 1.29 is 9.90 Å². The first kappa shape index (κ1) is 26.1. The van der Waals surface area contributed by atoms with E-state index in [4.69, 9.17) is 0 Å². The quantitative estimate of drug-likeness (QED) is 0.190. The van der Waals surface area contributed by atoms with Crippen molar-refractivity contribution in [2.24, 2.45) is 0 Å². The first-order chi connectivity index (χ1) is 17.3. The summed E-state index contributed by atoms with van der Waals surface area (Å²) in [6, 6.07) is 31.0. The van der Waals surface area contributed by atoms with Crippen LogP contribution in [0.15, 0.2) is 95.9 Å². The van der Waals surface area contributed by atoms with Gasteiger partial charge >= 0.3 is 0 Å². The number of nitrogens with one attached hydrogen (secondary N) is 1. The van der Waals surface area contributed by atoms with E-state index in [0.717, 1.165) is 28.7 Å². The first-order valence-corrected chi connectivity index (χ1v) is 13.0. The lowest BCUT2D eigenvalue weighted by Crippen LogP contribution is -2.46. The zero-order valence-corrected chi connectivity index (χ0v) is 22.0. The highest BCUT2D eigenvalue weighted by Crippen LogP contribution is 2.26. The van der Waals surface area contributed by atoms with Crippen LogP contribution in [0.1, 0.15) is 29.8 Å². The molecule has 2 N–H and O–H groups in total. The normalized spacial score (nSPS) is 12.7. The molecule has 5 heteroatoms. The van der Waals surface area contributed by atoms with Gasteiger partial charge in [0.15, 0.2) is 0 Å². The summed E-state index contributed by atoms with van der Waals surface area (Å²) in [5.41, 5.74) is 4.03. The number of rotatable bonds is 11. The SMILES string of the molecule is CN(CC(O)CNC(C)(C)Cc1ccc2ccccc2c1)Sc1ccc(-c2ccc(C=O)cc2)cc1. The van der Waals surface area contributed by atoms with Crippen molar-refractivity contribution in [2.45, 2.75) is 36.8 Å². The van der Waals surface area contributed by atoms with Crippen LogP contribution in [0.4, 0.5) is 0 Å². The molecule has 0 aliphatic heterocycles. The lowest BCUT2D eigenvalue weighted by molar-refractivity contribution is 0.112. The number of aldehydes is 1. The molecule has 0 bridgehead atoms. The summed E-state index contributed by atoms with van der Waals surface area (Å²) in [5, 5.41) is 16.7. The number of nitrogens with zero attached hydrogens (tertiary/aromatic N) is 1. The summed E-state index contributed by atoms with van der Waals surface area (Å²) >= 11 is 1.62. The Kier molecular flexibility index (Phi) is 8.60. The molecule has 0 saturated carbocycles. The maximum Gasteiger partial charge on any atom is 0.150 e. The van der Waals surface area contributed by atoms with E-state index in [1.54, 1.807) is 11.9 Å². The van der Waals surface area contributed by atoms with Crippen molar-refractivity contribution in [3.63, 3.8) is 0 Å². The minimum absolute atomic E-state index is 0.130. The number of fused-ring (bicyclic) bond motifs is 1. The Balaban J connectivity index is 1.25. The fourth-order valence-corrected chi connectivity index (χ4v) is 5.22. The zero-order chi connectivity index (χ0) is 25.5. The van der Waals surface area contributed by atoms with Crippen LogP contribution in [-0.4, -0.2) is 47.5 Å². The molecule has 186 valence electrons. The molecule has 0 fully saturated rings. The second kappa shape index (κ2) is 11.8. The van der Waals surface area contributed by atoms with Crippen LogP contribution in [0.25, 0.3) is 21.9 Å². The van der Waals surface area contributed by atoms with Crippen LogP contribution in [-0.2, 0) is 6.42 Å². The van der Waals surface area contributed by atoms with E-state index in [9.17, 15) is 9.90 Å². The lowest BCUT2D eigenvalue weighted by Gasteiger charge is -2.29. The Hall–Kier alpha value is -2.96. The average molecular weight is 499 g/mol. The van der Waals surface area contributed by atoms with Gasteiger partial charge in [0, 0.05) is 29.1 Å². The average Bonchev–Trinajstić information content (AvgIpc) is 2.88. The van der Waals surface area contributed by atoms with Crippen LogP contribution in [0.3, 0.4) is 0 Å². The molecule has 0 saturated heterocycles. The van der Waals surface area contributed by atoms with Gasteiger partial charge in [-0.05, 0) is 78.9 Å². The maximum absolute atomic E-state index is 10.9. The summed E-state index contributed by atoms with van der Waals surface area (Å²) in [6.45, 7) is 5.45. The van der Waals surface area contributed by atoms with Gasteiger partial charge in [0.2, 0.25) is 0 Å². The largest absolute Gasteiger partial charge is 0.390 e. The fraction of sp³-hybridized carbons (Fsp3) is 0.258. The molecule has 0 aromatic heterocycles. The topological polar surface area (TPSA) is 52.6 Å². The number of aliphatic hydroxyl groups excluding tert-OH is 1. The molecule has 4 nitrogen and oxygen atoms in total. The Labute approximate surface area is 218 Å². The van der Waals surface area contributed by atoms with Crippen molar-refractivity contribution in [1.29, 1.82) is 0 Å². The van der Waals surface area contributed by atoms with Crippen LogP contribution in [0, 0.1) is 0 Å². The Morgan fingerprint density at radius 2 is 1.56 bits per heavy atom. The second-order valence-corrected chi connectivity index (χ2v) is 11.2. The number of carbonyl (C=O) groups is 1. The predicted molar refractivity (Wildman–Crippen MR) is 151 cm³/mol. The number of benzene rings is 4. The molecule has 0 amide bonds. The maximum atomic E-state index is 10.9. The van der Waals surface area contributed by atoms with Gasteiger partial charge in [0.1, 0.15) is 6.29 Å². The highest BCUT2D eigenvalue weighted by Gasteiger charge is 2.20. The Morgan fingerprint density at radius 1 is 0.917 bits per heavy atom. The van der Waals surface area contributed by atoms with Gasteiger partial charge in [-0.3, -0.25) is 4.79 Å². The van der Waals surface area contributed by atoms with Gasteiger partial charge < -0.3 is 10.4 Å². The number of hydrogen-bond acceptors (Lipinski definition) is 5. The fourth-order valence-electron chi connectivity index (χ4n) is 4.36. The van der Waals surface area contributed by atoms with Crippen molar-refractivity contribution in [1.82, 2.24) is 9.62 Å². The summed E-state index contributed by atoms with van der Waals surface area (Å²) in [7, 11) is 2.00. The Bertz CT molecular complexity index is 1290. The summed E-state index contributed by atoms with van der Waals surface area (Å²) in [4.78, 5) is 12.0. The van der Waals surface area contributed by atoms with E-state index in [0.29, 0.717) is 18.7 Å². The highest BCUT2D eigenvalue weighted by atomic mass is 32.2. The van der Waals surface area contributed by atoms with E-state index in [1.807, 2.05) is 31.3 Å². The second-order valence-electron chi connectivity index (χ2n) is 9.94. The van der Waals surface area contributed by atoms with E-state index < -0.39 is 6.10 Å². The minimum atomic E-state index is -0.478. The van der Waals surface area contributed by atoms with Crippen LogP contribution >= 0.6 is 11.9 Å². The smallest absolute Gasteiger partial charge is 0.150 e. The zero-order valence-electron chi connectivity index (χ0n) is 21.1. The third-order valence-corrected chi connectivity index (χ3v) is 7.18. The standard InChI is InChI=1S/C31H34N2O2S/c1-31(2,19-24-10-13-25-6-4-5-7-28(25)18-24)32-20-29(35)21-33(3)36-30-16-14-27(15-17-30)26-11-8-23(22-34)9-12-26/h4-18,22,29,32,35H,19-21H2,1-3H3. The van der Waals surface area contributed by atoms with Crippen LogP contribution < -0.4 is 5.32 Å². The van der Waals surface area contributed by atoms with Gasteiger partial charge in [-0.25, -0.2) is 4.31 Å². The number of aliphatic hydroxyl groups is 1. The van der Waals surface area contributed by atoms with Crippen molar-refractivity contribution in [3.8, 4) is 11.1 Å². The van der Waals surface area contributed by atoms with Gasteiger partial charge in [-0.1, -0.05) is 78.9 Å². The first-order valence-electron chi connectivity index (χ1n) is 12.3. The molecule has 0 heterocycles. The van der Waals surface area contributed by atoms with E-state index in [-0.39, 0.29) is 5.54 Å². The molecule has 0 radical (unpaired) electrons. The summed E-state index contributed by atoms with van der Waals surface area (Å²) < 4.78 is 2.07. The van der Waals surface area contributed by atoms with Crippen LogP contribution in [0.5, 0.6) is 0 Å². The third kappa shape index (κ3) is 7.28. The Morgan fingerprint density at radius 3 is 2.22 bits per heavy atom. The molecule has 0 aliphatic carbocycles. The lowest BCUT2D eigenvalue weighted by atomic mass is 9.93. The third-order valence-electron chi connectivity index (χ3n) is 6.24. The monoisotopic (exact) mass is 498 g/mol. The van der Waals surface area contributed by atoms with Crippen molar-refractivity contribution in [3.05, 3.63) is 102 Å². The number of likely N-dealkylation sites (N-methyl/N-ethyl adjacent to an activating group) is 1. The van der Waals surface area contributed by atoms with Gasteiger partial charge in [-0.15, -0.1) is 0 Å². The van der Waals surface area contributed by atoms with Gasteiger partial charge in [0.25, 0.3) is 0 Å². The van der Waals surface area contributed by atoms with Crippen LogP contribution in [0.2, 0.25) is 0 Å². The number of β-amino-alcohol motifs (C(OH)–C–C–N with tert-alkyl or cyclic N) is 1. The molecule has 0 aliphatic rings. The minimum Gasteiger partial charge on any atom is -0.390 e.